The standard InChI is InChI=1S/C6H12F3N/c1-3-5(2)10-4-6(7,8)9/h5,10H,3-4H2,1-2H3/t5-/m1/s1. The van der Waals surface area contributed by atoms with Crippen LogP contribution >= 0.6 is 0 Å². The van der Waals surface area contributed by atoms with Crippen LogP contribution in [0.4, 0.5) is 13.2 Å². The Hall–Kier alpha value is -0.250. The van der Waals surface area contributed by atoms with E-state index in [0.29, 0.717) is 0 Å². The molecule has 0 rings (SSSR count). The molecule has 4 heteroatoms. The lowest BCUT2D eigenvalue weighted by atomic mass is 10.3. The Morgan fingerprint density at radius 1 is 1.40 bits per heavy atom. The molecule has 0 aliphatic rings. The largest absolute Gasteiger partial charge is 0.401 e. The van der Waals surface area contributed by atoms with Crippen molar-refractivity contribution in [2.45, 2.75) is 32.5 Å². The van der Waals surface area contributed by atoms with Gasteiger partial charge in [-0.2, -0.15) is 13.2 Å². The maximum Gasteiger partial charge on any atom is 0.401 e. The molecule has 0 amide bonds. The minimum absolute atomic E-state index is 0.0541. The topological polar surface area (TPSA) is 12.0 Å². The van der Waals surface area contributed by atoms with E-state index in [1.54, 1.807) is 6.92 Å². The third-order valence-corrected chi connectivity index (χ3v) is 1.26. The van der Waals surface area contributed by atoms with Crippen molar-refractivity contribution in [1.82, 2.24) is 5.32 Å². The highest BCUT2D eigenvalue weighted by molar-refractivity contribution is 4.61. The molecule has 10 heavy (non-hydrogen) atoms. The van der Waals surface area contributed by atoms with Crippen LogP contribution in [-0.2, 0) is 0 Å². The highest BCUT2D eigenvalue weighted by atomic mass is 19.4. The summed E-state index contributed by atoms with van der Waals surface area (Å²) in [5, 5.41) is 2.35. The number of hydrogen-bond donors (Lipinski definition) is 1. The van der Waals surface area contributed by atoms with Gasteiger partial charge in [0.2, 0.25) is 0 Å². The second kappa shape index (κ2) is 3.81. The molecule has 0 aliphatic heterocycles. The van der Waals surface area contributed by atoms with E-state index >= 15 is 0 Å². The van der Waals surface area contributed by atoms with E-state index < -0.39 is 12.7 Å². The summed E-state index contributed by atoms with van der Waals surface area (Å²) in [4.78, 5) is 0. The monoisotopic (exact) mass is 155 g/mol. The van der Waals surface area contributed by atoms with Crippen molar-refractivity contribution in [3.8, 4) is 0 Å². The Morgan fingerprint density at radius 3 is 2.20 bits per heavy atom. The third-order valence-electron chi connectivity index (χ3n) is 1.26. The zero-order chi connectivity index (χ0) is 8.20. The average Bonchev–Trinajstić information content (AvgIpc) is 1.81. The second-order valence-electron chi connectivity index (χ2n) is 2.31. The fourth-order valence-electron chi connectivity index (χ4n) is 0.434. The van der Waals surface area contributed by atoms with Gasteiger partial charge in [-0.25, -0.2) is 0 Å². The van der Waals surface area contributed by atoms with Crippen LogP contribution in [0.5, 0.6) is 0 Å². The first kappa shape index (κ1) is 9.75. The molecule has 0 heterocycles. The van der Waals surface area contributed by atoms with E-state index in [4.69, 9.17) is 0 Å². The van der Waals surface area contributed by atoms with Gasteiger partial charge in [0.1, 0.15) is 0 Å². The summed E-state index contributed by atoms with van der Waals surface area (Å²) >= 11 is 0. The second-order valence-corrected chi connectivity index (χ2v) is 2.31. The quantitative estimate of drug-likeness (QED) is 0.656. The van der Waals surface area contributed by atoms with Crippen molar-refractivity contribution in [3.63, 3.8) is 0 Å². The highest BCUT2D eigenvalue weighted by Gasteiger charge is 2.26. The summed E-state index contributed by atoms with van der Waals surface area (Å²) in [6, 6.07) is -0.0541. The molecule has 0 radical (unpaired) electrons. The van der Waals surface area contributed by atoms with Crippen molar-refractivity contribution in [2.24, 2.45) is 0 Å². The van der Waals surface area contributed by atoms with Gasteiger partial charge in [-0.3, -0.25) is 0 Å². The first-order valence-corrected chi connectivity index (χ1v) is 3.26. The molecule has 0 aromatic carbocycles. The summed E-state index contributed by atoms with van der Waals surface area (Å²) in [6.07, 6.45) is -3.36. The van der Waals surface area contributed by atoms with Gasteiger partial charge in [-0.1, -0.05) is 6.92 Å². The molecule has 0 unspecified atom stereocenters. The zero-order valence-corrected chi connectivity index (χ0v) is 6.13. The van der Waals surface area contributed by atoms with Crippen molar-refractivity contribution in [2.75, 3.05) is 6.54 Å². The molecule has 0 aromatic rings. The van der Waals surface area contributed by atoms with E-state index in [0.717, 1.165) is 6.42 Å². The van der Waals surface area contributed by atoms with E-state index in [9.17, 15) is 13.2 Å². The Labute approximate surface area is 58.6 Å². The van der Waals surface area contributed by atoms with Crippen LogP contribution in [0.3, 0.4) is 0 Å². The third kappa shape index (κ3) is 5.88. The lowest BCUT2D eigenvalue weighted by Crippen LogP contribution is -2.34. The van der Waals surface area contributed by atoms with Gasteiger partial charge < -0.3 is 5.32 Å². The molecule has 0 saturated carbocycles. The predicted octanol–water partition coefficient (Wildman–Crippen LogP) is 1.94. The maximum absolute atomic E-state index is 11.5. The van der Waals surface area contributed by atoms with Crippen molar-refractivity contribution in [1.29, 1.82) is 0 Å². The summed E-state index contributed by atoms with van der Waals surface area (Å²) in [5.41, 5.74) is 0. The summed E-state index contributed by atoms with van der Waals surface area (Å²) in [5.74, 6) is 0. The van der Waals surface area contributed by atoms with E-state index in [-0.39, 0.29) is 6.04 Å². The number of alkyl halides is 3. The van der Waals surface area contributed by atoms with Crippen molar-refractivity contribution < 1.29 is 13.2 Å². The van der Waals surface area contributed by atoms with E-state index in [2.05, 4.69) is 5.32 Å². The summed E-state index contributed by atoms with van der Waals surface area (Å²) < 4.78 is 34.5. The number of rotatable bonds is 3. The fourth-order valence-corrected chi connectivity index (χ4v) is 0.434. The van der Waals surface area contributed by atoms with Crippen molar-refractivity contribution >= 4 is 0 Å². The van der Waals surface area contributed by atoms with Gasteiger partial charge in [0, 0.05) is 6.04 Å². The molecular formula is C6H12F3N. The van der Waals surface area contributed by atoms with Crippen LogP contribution in [0, 0.1) is 0 Å². The number of nitrogens with one attached hydrogen (secondary N) is 1. The molecule has 0 saturated heterocycles. The molecule has 0 bridgehead atoms. The molecule has 0 aliphatic carbocycles. The molecular weight excluding hydrogens is 143 g/mol. The maximum atomic E-state index is 11.5. The lowest BCUT2D eigenvalue weighted by Gasteiger charge is -2.12. The normalized spacial score (nSPS) is 15.3. The number of halogens is 3. The lowest BCUT2D eigenvalue weighted by molar-refractivity contribution is -0.126. The van der Waals surface area contributed by atoms with Gasteiger partial charge in [0.05, 0.1) is 6.54 Å². The summed E-state index contributed by atoms with van der Waals surface area (Å²) in [7, 11) is 0. The molecule has 0 fully saturated rings. The molecule has 62 valence electrons. The predicted molar refractivity (Wildman–Crippen MR) is 33.8 cm³/mol. The highest BCUT2D eigenvalue weighted by Crippen LogP contribution is 2.12. The SMILES string of the molecule is CC[C@@H](C)NCC(F)(F)F. The van der Waals surface area contributed by atoms with Crippen LogP contribution in [0.1, 0.15) is 20.3 Å². The van der Waals surface area contributed by atoms with E-state index in [1.807, 2.05) is 6.92 Å². The van der Waals surface area contributed by atoms with Gasteiger partial charge in [-0.05, 0) is 13.3 Å². The molecule has 1 nitrogen and oxygen atoms in total. The van der Waals surface area contributed by atoms with Gasteiger partial charge in [0.25, 0.3) is 0 Å². The van der Waals surface area contributed by atoms with E-state index in [1.165, 1.54) is 0 Å². The minimum Gasteiger partial charge on any atom is -0.306 e. The Kier molecular flexibility index (Phi) is 3.71. The van der Waals surface area contributed by atoms with Crippen LogP contribution < -0.4 is 5.32 Å². The van der Waals surface area contributed by atoms with Crippen LogP contribution in [0.15, 0.2) is 0 Å². The zero-order valence-electron chi connectivity index (χ0n) is 6.13. The Bertz CT molecular complexity index is 89.5. The Morgan fingerprint density at radius 2 is 1.90 bits per heavy atom. The Balaban J connectivity index is 3.36. The number of hydrogen-bond acceptors (Lipinski definition) is 1. The van der Waals surface area contributed by atoms with Crippen LogP contribution in [0.25, 0.3) is 0 Å². The van der Waals surface area contributed by atoms with Gasteiger partial charge >= 0.3 is 6.18 Å². The molecule has 0 aromatic heterocycles. The van der Waals surface area contributed by atoms with Crippen LogP contribution in [-0.4, -0.2) is 18.8 Å². The first-order chi connectivity index (χ1) is 4.45. The average molecular weight is 155 g/mol. The summed E-state index contributed by atoms with van der Waals surface area (Å²) in [6.45, 7) is 2.68. The molecule has 1 N–H and O–H groups in total. The fraction of sp³-hybridized carbons (Fsp3) is 1.00. The molecule has 0 spiro atoms. The van der Waals surface area contributed by atoms with Crippen molar-refractivity contribution in [3.05, 3.63) is 0 Å². The molecule has 1 atom stereocenters. The van der Waals surface area contributed by atoms with Gasteiger partial charge in [0.15, 0.2) is 0 Å². The minimum atomic E-state index is -4.08. The first-order valence-electron chi connectivity index (χ1n) is 3.26. The van der Waals surface area contributed by atoms with Gasteiger partial charge in [-0.15, -0.1) is 0 Å². The van der Waals surface area contributed by atoms with Crippen LogP contribution in [0.2, 0.25) is 0 Å². The smallest absolute Gasteiger partial charge is 0.306 e.